The first-order valence-electron chi connectivity index (χ1n) is 8.95. The molecule has 1 aliphatic heterocycles. The smallest absolute Gasteiger partial charge is 0.242 e. The first-order valence-corrected chi connectivity index (χ1v) is 8.95. The second-order valence-corrected chi connectivity index (χ2v) is 6.74. The Morgan fingerprint density at radius 1 is 1.27 bits per heavy atom. The third-order valence-corrected chi connectivity index (χ3v) is 5.30. The Balaban J connectivity index is 1.80. The zero-order valence-corrected chi connectivity index (χ0v) is 14.9. The molecule has 0 unspecified atom stereocenters. The number of carbonyl (C=O) groups excluding carboxylic acids is 1. The molecular weight excluding hydrogens is 331 g/mol. The molecule has 5 heteroatoms. The van der Waals surface area contributed by atoms with Crippen LogP contribution in [0.25, 0.3) is 0 Å². The lowest BCUT2D eigenvalue weighted by Gasteiger charge is -2.29. The van der Waals surface area contributed by atoms with Crippen molar-refractivity contribution in [2.24, 2.45) is 11.0 Å². The maximum Gasteiger partial charge on any atom is 0.242 e. The molecule has 4 nitrogen and oxygen atoms in total. The molecule has 0 aromatic heterocycles. The summed E-state index contributed by atoms with van der Waals surface area (Å²) in [5.74, 6) is 0.590. The average Bonchev–Trinajstić information content (AvgIpc) is 3.07. The number of fused-ring (bicyclic) bond motifs is 3. The largest absolute Gasteiger partial charge is 0.497 e. The molecular formula is C21H21FN2O2. The van der Waals surface area contributed by atoms with Gasteiger partial charge in [-0.25, -0.2) is 9.40 Å². The molecule has 0 bridgehead atoms. The minimum atomic E-state index is -0.278. The second-order valence-electron chi connectivity index (χ2n) is 6.74. The predicted octanol–water partition coefficient (Wildman–Crippen LogP) is 4.09. The zero-order valence-electron chi connectivity index (χ0n) is 14.9. The van der Waals surface area contributed by atoms with E-state index >= 15 is 0 Å². The van der Waals surface area contributed by atoms with Crippen molar-refractivity contribution >= 4 is 11.6 Å². The van der Waals surface area contributed by atoms with E-state index in [0.29, 0.717) is 6.42 Å². The number of hydrogen-bond donors (Lipinski definition) is 0. The van der Waals surface area contributed by atoms with Crippen LogP contribution in [-0.4, -0.2) is 23.7 Å². The van der Waals surface area contributed by atoms with E-state index in [4.69, 9.17) is 9.84 Å². The summed E-state index contributed by atoms with van der Waals surface area (Å²) in [6.07, 6.45) is 2.22. The quantitative estimate of drug-likeness (QED) is 0.835. The van der Waals surface area contributed by atoms with E-state index in [1.807, 2.05) is 19.1 Å². The summed E-state index contributed by atoms with van der Waals surface area (Å²) < 4.78 is 18.8. The highest BCUT2D eigenvalue weighted by Gasteiger charge is 2.43. The number of carbonyl (C=O) groups is 1. The summed E-state index contributed by atoms with van der Waals surface area (Å²) in [5.41, 5.74) is 4.13. The van der Waals surface area contributed by atoms with Crippen LogP contribution in [0.15, 0.2) is 47.6 Å². The van der Waals surface area contributed by atoms with E-state index in [1.165, 1.54) is 17.7 Å². The van der Waals surface area contributed by atoms with E-state index in [9.17, 15) is 9.18 Å². The van der Waals surface area contributed by atoms with Gasteiger partial charge in [0.25, 0.3) is 0 Å². The van der Waals surface area contributed by atoms with Gasteiger partial charge in [-0.15, -0.1) is 0 Å². The number of hydrazone groups is 1. The maximum absolute atomic E-state index is 13.4. The number of benzene rings is 2. The number of ether oxygens (including phenoxy) is 1. The molecule has 0 saturated heterocycles. The fourth-order valence-corrected chi connectivity index (χ4v) is 3.98. The molecule has 4 rings (SSSR count). The van der Waals surface area contributed by atoms with Gasteiger partial charge in [-0.1, -0.05) is 25.1 Å². The van der Waals surface area contributed by atoms with Crippen LogP contribution >= 0.6 is 0 Å². The van der Waals surface area contributed by atoms with E-state index in [2.05, 4.69) is 6.07 Å². The van der Waals surface area contributed by atoms with Gasteiger partial charge in [-0.3, -0.25) is 4.79 Å². The van der Waals surface area contributed by atoms with Crippen LogP contribution in [0.5, 0.6) is 5.75 Å². The molecule has 2 atom stereocenters. The van der Waals surface area contributed by atoms with Crippen molar-refractivity contribution in [3.8, 4) is 5.75 Å². The number of nitrogens with zero attached hydrogens (tertiary/aromatic N) is 2. The number of methoxy groups -OCH3 is 1. The lowest BCUT2D eigenvalue weighted by molar-refractivity contribution is -0.133. The molecule has 0 saturated carbocycles. The molecule has 2 aliphatic rings. The lowest BCUT2D eigenvalue weighted by Crippen LogP contribution is -2.31. The van der Waals surface area contributed by atoms with Crippen LogP contribution in [0.3, 0.4) is 0 Å². The number of aryl methyl sites for hydroxylation is 1. The normalized spacial score (nSPS) is 21.0. The molecule has 1 heterocycles. The number of hydrogen-bond acceptors (Lipinski definition) is 3. The van der Waals surface area contributed by atoms with Crippen LogP contribution in [0.1, 0.15) is 42.5 Å². The summed E-state index contributed by atoms with van der Waals surface area (Å²) in [7, 11) is 1.65. The molecule has 26 heavy (non-hydrogen) atoms. The van der Waals surface area contributed by atoms with E-state index < -0.39 is 0 Å². The van der Waals surface area contributed by atoms with Crippen LogP contribution in [0.2, 0.25) is 0 Å². The summed E-state index contributed by atoms with van der Waals surface area (Å²) in [5, 5.41) is 6.33. The molecule has 1 aliphatic carbocycles. The predicted molar refractivity (Wildman–Crippen MR) is 97.6 cm³/mol. The van der Waals surface area contributed by atoms with Gasteiger partial charge in [-0.2, -0.15) is 5.10 Å². The van der Waals surface area contributed by atoms with Gasteiger partial charge >= 0.3 is 0 Å². The summed E-state index contributed by atoms with van der Waals surface area (Å²) in [6, 6.07) is 12.3. The minimum absolute atomic E-state index is 0.0225. The molecule has 0 radical (unpaired) electrons. The monoisotopic (exact) mass is 352 g/mol. The lowest BCUT2D eigenvalue weighted by atomic mass is 9.77. The third-order valence-electron chi connectivity index (χ3n) is 5.30. The fraction of sp³-hybridized carbons (Fsp3) is 0.333. The van der Waals surface area contributed by atoms with E-state index in [0.717, 1.165) is 35.4 Å². The molecule has 134 valence electrons. The third kappa shape index (κ3) is 2.68. The van der Waals surface area contributed by atoms with Crippen molar-refractivity contribution in [1.82, 2.24) is 5.01 Å². The summed E-state index contributed by atoms with van der Waals surface area (Å²) in [6.45, 7) is 1.84. The second kappa shape index (κ2) is 6.56. The van der Waals surface area contributed by atoms with Gasteiger partial charge in [0.05, 0.1) is 18.9 Å². The minimum Gasteiger partial charge on any atom is -0.497 e. The van der Waals surface area contributed by atoms with Gasteiger partial charge in [0.15, 0.2) is 0 Å². The first kappa shape index (κ1) is 16.8. The highest BCUT2D eigenvalue weighted by atomic mass is 19.1. The van der Waals surface area contributed by atoms with Gasteiger partial charge < -0.3 is 4.74 Å². The van der Waals surface area contributed by atoms with Crippen LogP contribution in [0, 0.1) is 11.7 Å². The van der Waals surface area contributed by atoms with Gasteiger partial charge in [0, 0.05) is 17.9 Å². The van der Waals surface area contributed by atoms with Gasteiger partial charge in [0.2, 0.25) is 5.91 Å². The van der Waals surface area contributed by atoms with E-state index in [-0.39, 0.29) is 23.7 Å². The first-order chi connectivity index (χ1) is 12.6. The average molecular weight is 352 g/mol. The van der Waals surface area contributed by atoms with Crippen molar-refractivity contribution in [3.05, 3.63) is 65.0 Å². The Morgan fingerprint density at radius 3 is 2.73 bits per heavy atom. The van der Waals surface area contributed by atoms with Crippen LogP contribution < -0.4 is 4.74 Å². The summed E-state index contributed by atoms with van der Waals surface area (Å²) >= 11 is 0. The molecule has 0 spiro atoms. The molecule has 1 amide bonds. The van der Waals surface area contributed by atoms with Gasteiger partial charge in [-0.05, 0) is 48.2 Å². The topological polar surface area (TPSA) is 41.9 Å². The van der Waals surface area contributed by atoms with Gasteiger partial charge in [0.1, 0.15) is 11.6 Å². The molecule has 2 aromatic carbocycles. The highest BCUT2D eigenvalue weighted by molar-refractivity contribution is 6.07. The van der Waals surface area contributed by atoms with Crippen molar-refractivity contribution < 1.29 is 13.9 Å². The standard InChI is InChI=1S/C21H21FN2O2/c1-3-19(25)24-21(14-4-8-15(22)9-5-14)17-11-7-13-6-10-16(26-2)12-18(13)20(17)23-24/h4-6,8-10,12,17,21H,3,7,11H2,1-2H3/t17-,21+/m0/s1. The Morgan fingerprint density at radius 2 is 2.04 bits per heavy atom. The molecule has 2 aromatic rings. The van der Waals surface area contributed by atoms with Crippen LogP contribution in [-0.2, 0) is 11.2 Å². The summed E-state index contributed by atoms with van der Waals surface area (Å²) in [4.78, 5) is 12.6. The number of halogens is 1. The SMILES string of the molecule is CCC(=O)N1N=C2c3cc(OC)ccc3CC[C@@H]2[C@H]1c1ccc(F)cc1. The zero-order chi connectivity index (χ0) is 18.3. The Labute approximate surface area is 152 Å². The van der Waals surface area contributed by atoms with Crippen molar-refractivity contribution in [3.63, 3.8) is 0 Å². The molecule has 0 N–H and O–H groups in total. The van der Waals surface area contributed by atoms with Crippen LogP contribution in [0.4, 0.5) is 4.39 Å². The number of amides is 1. The van der Waals surface area contributed by atoms with Crippen molar-refractivity contribution in [2.75, 3.05) is 7.11 Å². The Bertz CT molecular complexity index is 876. The Hall–Kier alpha value is -2.69. The van der Waals surface area contributed by atoms with Crippen molar-refractivity contribution in [2.45, 2.75) is 32.2 Å². The fourth-order valence-electron chi connectivity index (χ4n) is 3.98. The van der Waals surface area contributed by atoms with Crippen molar-refractivity contribution in [1.29, 1.82) is 0 Å². The Kier molecular flexibility index (Phi) is 4.23. The maximum atomic E-state index is 13.4. The number of rotatable bonds is 3. The van der Waals surface area contributed by atoms with E-state index in [1.54, 1.807) is 24.3 Å². The molecule has 0 fully saturated rings. The highest BCUT2D eigenvalue weighted by Crippen LogP contribution is 2.44.